The Hall–Kier alpha value is -3.71. The van der Waals surface area contributed by atoms with E-state index in [-0.39, 0.29) is 5.69 Å². The lowest BCUT2D eigenvalue weighted by molar-refractivity contribution is -0.384. The summed E-state index contributed by atoms with van der Waals surface area (Å²) in [5, 5.41) is 11.8. The summed E-state index contributed by atoms with van der Waals surface area (Å²) in [6.45, 7) is 12.5. The summed E-state index contributed by atoms with van der Waals surface area (Å²) < 4.78 is 0. The minimum atomic E-state index is -0.391. The molecule has 1 heterocycles. The molecule has 1 aliphatic rings. The maximum atomic E-state index is 11.2. The zero-order valence-corrected chi connectivity index (χ0v) is 22.7. The van der Waals surface area contributed by atoms with Crippen LogP contribution in [-0.4, -0.2) is 46.2 Å². The number of hydrogen-bond acceptors (Lipinski definition) is 4. The molecule has 3 aromatic rings. The average Bonchev–Trinajstić information content (AvgIpc) is 2.86. The number of nitrogens with zero attached hydrogens (tertiary/aromatic N) is 5. The van der Waals surface area contributed by atoms with Crippen LogP contribution in [0.1, 0.15) is 41.2 Å². The lowest BCUT2D eigenvalue weighted by Gasteiger charge is -2.38. The predicted octanol–water partition coefficient (Wildman–Crippen LogP) is 7.28. The number of halogens is 1. The van der Waals surface area contributed by atoms with Crippen LogP contribution < -0.4 is 0 Å². The van der Waals surface area contributed by atoms with Crippen molar-refractivity contribution < 1.29 is 4.92 Å². The summed E-state index contributed by atoms with van der Waals surface area (Å²) in [4.78, 5) is 25.3. The highest BCUT2D eigenvalue weighted by atomic mass is 35.5. The van der Waals surface area contributed by atoms with Crippen LogP contribution in [0.25, 0.3) is 0 Å². The Morgan fingerprint density at radius 1 is 0.892 bits per heavy atom. The monoisotopic (exact) mass is 517 g/mol. The number of non-ortho nitro benzene ring substituents is 1. The molecule has 8 heteroatoms. The van der Waals surface area contributed by atoms with Gasteiger partial charge in [-0.2, -0.15) is 0 Å². The van der Waals surface area contributed by atoms with Gasteiger partial charge < -0.3 is 9.80 Å². The van der Waals surface area contributed by atoms with Crippen LogP contribution in [0.5, 0.6) is 0 Å². The van der Waals surface area contributed by atoms with Crippen LogP contribution in [0.2, 0.25) is 5.02 Å². The molecular formula is C29H32ClN5O2. The van der Waals surface area contributed by atoms with Gasteiger partial charge in [0.15, 0.2) is 0 Å². The predicted molar refractivity (Wildman–Crippen MR) is 152 cm³/mol. The second-order valence-corrected chi connectivity index (χ2v) is 9.98. The first kappa shape index (κ1) is 26.4. The zero-order chi connectivity index (χ0) is 26.7. The first-order valence-electron chi connectivity index (χ1n) is 12.4. The molecule has 0 aromatic heterocycles. The van der Waals surface area contributed by atoms with Crippen LogP contribution in [0.4, 0.5) is 17.1 Å². The number of nitro benzene ring substituents is 1. The molecule has 0 radical (unpaired) electrons. The van der Waals surface area contributed by atoms with Crippen molar-refractivity contribution in [2.24, 2.45) is 9.98 Å². The van der Waals surface area contributed by atoms with Gasteiger partial charge in [0.1, 0.15) is 11.7 Å². The van der Waals surface area contributed by atoms with Crippen LogP contribution in [-0.2, 0) is 0 Å². The van der Waals surface area contributed by atoms with E-state index in [0.717, 1.165) is 64.7 Å². The molecule has 0 atom stereocenters. The number of amidine groups is 2. The summed E-state index contributed by atoms with van der Waals surface area (Å²) in [7, 11) is 0. The fourth-order valence-corrected chi connectivity index (χ4v) is 5.02. The molecule has 37 heavy (non-hydrogen) atoms. The largest absolute Gasteiger partial charge is 0.342 e. The maximum Gasteiger partial charge on any atom is 0.269 e. The fourth-order valence-electron chi connectivity index (χ4n) is 4.66. The lowest BCUT2D eigenvalue weighted by Crippen LogP contribution is -2.49. The van der Waals surface area contributed by atoms with E-state index >= 15 is 0 Å². The Morgan fingerprint density at radius 2 is 1.54 bits per heavy atom. The van der Waals surface area contributed by atoms with Crippen molar-refractivity contribution in [2.75, 3.05) is 19.8 Å². The molecule has 0 aliphatic carbocycles. The summed E-state index contributed by atoms with van der Waals surface area (Å²) >= 11 is 6.63. The Kier molecular flexibility index (Phi) is 7.93. The van der Waals surface area contributed by atoms with Crippen LogP contribution in [0, 0.1) is 37.8 Å². The topological polar surface area (TPSA) is 74.3 Å². The van der Waals surface area contributed by atoms with Gasteiger partial charge in [-0.25, -0.2) is 9.98 Å². The quantitative estimate of drug-likeness (QED) is 0.158. The summed E-state index contributed by atoms with van der Waals surface area (Å²) in [6.07, 6.45) is 0.923. The molecule has 0 saturated carbocycles. The van der Waals surface area contributed by atoms with E-state index < -0.39 is 4.92 Å². The van der Waals surface area contributed by atoms with E-state index in [1.54, 1.807) is 12.1 Å². The second kappa shape index (κ2) is 11.1. The van der Waals surface area contributed by atoms with Crippen LogP contribution in [0.3, 0.4) is 0 Å². The molecule has 0 bridgehead atoms. The molecule has 1 aliphatic heterocycles. The smallest absolute Gasteiger partial charge is 0.269 e. The van der Waals surface area contributed by atoms with E-state index in [9.17, 15) is 10.1 Å². The third kappa shape index (κ3) is 6.00. The molecule has 1 saturated heterocycles. The van der Waals surface area contributed by atoms with E-state index in [1.165, 1.54) is 12.1 Å². The molecular weight excluding hydrogens is 486 g/mol. The number of nitro groups is 1. The minimum Gasteiger partial charge on any atom is -0.342 e. The number of hydrogen-bond donors (Lipinski definition) is 0. The Morgan fingerprint density at radius 3 is 2.16 bits per heavy atom. The van der Waals surface area contributed by atoms with Gasteiger partial charge in [0, 0.05) is 30.8 Å². The average molecular weight is 518 g/mol. The Labute approximate surface area is 223 Å². The molecule has 0 amide bonds. The molecule has 7 nitrogen and oxygen atoms in total. The van der Waals surface area contributed by atoms with Crippen molar-refractivity contribution in [1.82, 2.24) is 9.80 Å². The van der Waals surface area contributed by atoms with Gasteiger partial charge in [-0.3, -0.25) is 10.1 Å². The minimum absolute atomic E-state index is 0.0458. The van der Waals surface area contributed by atoms with Gasteiger partial charge in [-0.15, -0.1) is 0 Å². The summed E-state index contributed by atoms with van der Waals surface area (Å²) in [5.41, 5.74) is 6.89. The molecule has 192 valence electrons. The Balaban J connectivity index is 1.73. The van der Waals surface area contributed by atoms with Gasteiger partial charge in [0.25, 0.3) is 5.69 Å². The van der Waals surface area contributed by atoms with Gasteiger partial charge in [-0.1, -0.05) is 35.9 Å². The van der Waals surface area contributed by atoms with Crippen molar-refractivity contribution in [3.05, 3.63) is 97.6 Å². The van der Waals surface area contributed by atoms with E-state index in [4.69, 9.17) is 21.6 Å². The zero-order valence-electron chi connectivity index (χ0n) is 22.0. The van der Waals surface area contributed by atoms with E-state index in [2.05, 4.69) is 41.8 Å². The second-order valence-electron chi connectivity index (χ2n) is 9.57. The lowest BCUT2D eigenvalue weighted by atomic mass is 10.1. The third-order valence-corrected chi connectivity index (χ3v) is 6.91. The van der Waals surface area contributed by atoms with Crippen molar-refractivity contribution >= 4 is 40.3 Å². The Bertz CT molecular complexity index is 1340. The third-order valence-electron chi connectivity index (χ3n) is 6.62. The molecule has 1 fully saturated rings. The highest BCUT2D eigenvalue weighted by molar-refractivity contribution is 6.33. The van der Waals surface area contributed by atoms with Gasteiger partial charge in [0.05, 0.1) is 28.0 Å². The van der Waals surface area contributed by atoms with E-state index in [0.29, 0.717) is 17.4 Å². The van der Waals surface area contributed by atoms with Crippen molar-refractivity contribution in [3.63, 3.8) is 0 Å². The van der Waals surface area contributed by atoms with Crippen LogP contribution >= 0.6 is 11.6 Å². The summed E-state index contributed by atoms with van der Waals surface area (Å²) in [5.74, 6) is 1.67. The molecule has 4 rings (SSSR count). The van der Waals surface area contributed by atoms with Gasteiger partial charge in [0.2, 0.25) is 0 Å². The van der Waals surface area contributed by atoms with Crippen molar-refractivity contribution in [1.29, 1.82) is 0 Å². The molecule has 3 aromatic carbocycles. The van der Waals surface area contributed by atoms with Crippen molar-refractivity contribution in [3.8, 4) is 0 Å². The first-order valence-corrected chi connectivity index (χ1v) is 12.7. The van der Waals surface area contributed by atoms with Crippen LogP contribution in [0.15, 0.2) is 64.6 Å². The van der Waals surface area contributed by atoms with Gasteiger partial charge >= 0.3 is 0 Å². The highest BCUT2D eigenvalue weighted by Crippen LogP contribution is 2.32. The fraction of sp³-hybridized carbons (Fsp3) is 0.310. The number of para-hydroxylation sites is 1. The highest BCUT2D eigenvalue weighted by Gasteiger charge is 2.24. The first-order chi connectivity index (χ1) is 17.6. The standard InChI is InChI=1S/C29H32ClN5O2/c1-19-16-22(4)28(26(30)17-19)32-29(24-10-12-25(13-11-24)35(36)37)34-15-7-14-33(18-34)23(5)31-27-20(2)8-6-9-21(27)3/h6,8-13,16-17H,7,14-15,18H2,1-5H3. The molecule has 0 unspecified atom stereocenters. The number of aryl methyl sites for hydroxylation is 4. The SMILES string of the molecule is CC(=Nc1c(C)cccc1C)N1CCCN(C(=Nc2c(C)cc(C)cc2Cl)c2ccc([N+](=O)[O-])cc2)C1. The number of benzene rings is 3. The summed E-state index contributed by atoms with van der Waals surface area (Å²) in [6, 6.07) is 16.7. The molecule has 0 N–H and O–H groups in total. The van der Waals surface area contributed by atoms with E-state index in [1.807, 2.05) is 32.9 Å². The maximum absolute atomic E-state index is 11.2. The van der Waals surface area contributed by atoms with Crippen molar-refractivity contribution in [2.45, 2.75) is 41.0 Å². The molecule has 0 spiro atoms. The normalized spacial score (nSPS) is 14.8. The number of aliphatic imine (C=N–C) groups is 2. The number of rotatable bonds is 4. The van der Waals surface area contributed by atoms with Gasteiger partial charge in [-0.05, 0) is 81.5 Å².